The molecule has 16 aromatic rings. The van der Waals surface area contributed by atoms with E-state index < -0.39 is 55.0 Å². The molecule has 660 valence electrons. The average molecular weight is 1740 g/mol. The third-order valence-corrected chi connectivity index (χ3v) is 28.0. The van der Waals surface area contributed by atoms with Gasteiger partial charge in [0.2, 0.25) is 22.8 Å². The van der Waals surface area contributed by atoms with Gasteiger partial charge in [-0.2, -0.15) is 18.3 Å². The average Bonchev–Trinajstić information content (AvgIpc) is 1.66. The van der Waals surface area contributed by atoms with Crippen molar-refractivity contribution in [3.05, 3.63) is 281 Å². The molecule has 0 bridgehead atoms. The highest BCUT2D eigenvalue weighted by atomic mass is 16.3. The van der Waals surface area contributed by atoms with Crippen molar-refractivity contribution in [3.63, 3.8) is 0 Å². The van der Waals surface area contributed by atoms with Crippen molar-refractivity contribution in [2.75, 3.05) is 0 Å². The second-order valence-corrected chi connectivity index (χ2v) is 37.0. The second kappa shape index (κ2) is 37.2. The van der Waals surface area contributed by atoms with E-state index in [0.29, 0.717) is 132 Å². The fourth-order valence-corrected chi connectivity index (χ4v) is 20.3. The van der Waals surface area contributed by atoms with Crippen LogP contribution in [0.5, 0.6) is 0 Å². The largest absolute Gasteiger partial charge is 0.456 e. The lowest BCUT2D eigenvalue weighted by Crippen LogP contribution is -2.35. The van der Waals surface area contributed by atoms with Gasteiger partial charge >= 0.3 is 0 Å². The van der Waals surface area contributed by atoms with Crippen LogP contribution in [0.15, 0.2) is 163 Å². The van der Waals surface area contributed by atoms with Crippen LogP contribution in [0.1, 0.15) is 324 Å². The van der Waals surface area contributed by atoms with Gasteiger partial charge in [-0.05, 0) is 218 Å². The zero-order valence-electron chi connectivity index (χ0n) is 95.4. The van der Waals surface area contributed by atoms with Crippen LogP contribution < -0.4 is 18.3 Å². The van der Waals surface area contributed by atoms with Crippen LogP contribution in [-0.2, 0) is 28.2 Å². The number of rotatable bonds is 11. The van der Waals surface area contributed by atoms with Gasteiger partial charge in [0.1, 0.15) is 72.9 Å². The van der Waals surface area contributed by atoms with Crippen LogP contribution in [-0.4, -0.2) is 0 Å². The summed E-state index contributed by atoms with van der Waals surface area (Å²) in [5.41, 5.74) is 25.1. The number of fused-ring (bicyclic) bond motifs is 12. The van der Waals surface area contributed by atoms with E-state index in [0.717, 1.165) is 248 Å². The number of hydrogen-bond donors (Lipinski definition) is 0. The van der Waals surface area contributed by atoms with Gasteiger partial charge in [0.15, 0.2) is 45.5 Å². The molecule has 130 heavy (non-hydrogen) atoms. The van der Waals surface area contributed by atoms with Gasteiger partial charge in [0.25, 0.3) is 0 Å². The predicted octanol–water partition coefficient (Wildman–Crippen LogP) is 32.8. The molecule has 0 amide bonds. The molecule has 0 radical (unpaired) electrons. The van der Waals surface area contributed by atoms with E-state index in [4.69, 9.17) is 63.1 Å². The predicted molar refractivity (Wildman–Crippen MR) is 535 cm³/mol. The molecule has 0 N–H and O–H groups in total. The lowest BCUT2D eigenvalue weighted by Gasteiger charge is -2.23. The smallest absolute Gasteiger partial charge is 0.216 e. The molecule has 12 heteroatoms. The van der Waals surface area contributed by atoms with Crippen LogP contribution in [0.25, 0.3) is 152 Å². The van der Waals surface area contributed by atoms with Crippen molar-refractivity contribution in [2.24, 2.45) is 28.2 Å². The Morgan fingerprint density at radius 1 is 0.315 bits per heavy atom. The van der Waals surface area contributed by atoms with Gasteiger partial charge in [-0.3, -0.25) is 0 Å². The van der Waals surface area contributed by atoms with Gasteiger partial charge in [-0.15, -0.1) is 0 Å². The molecule has 0 saturated heterocycles. The molecule has 4 aliphatic rings. The van der Waals surface area contributed by atoms with Crippen LogP contribution in [0.4, 0.5) is 22.7 Å². The number of aryl methyl sites for hydroxylation is 6. The van der Waals surface area contributed by atoms with E-state index in [1.165, 1.54) is 12.1 Å². The van der Waals surface area contributed by atoms with E-state index in [1.807, 2.05) is 144 Å². The fourth-order valence-electron chi connectivity index (χ4n) is 20.3. The summed E-state index contributed by atoms with van der Waals surface area (Å²) < 4.78 is 179. The molecule has 0 atom stereocenters. The third kappa shape index (κ3) is 16.9. The molecule has 4 fully saturated rings. The molecule has 0 aliphatic heterocycles. The fraction of sp³-hybridized carbons (Fsp3) is 0.390. The monoisotopic (exact) mass is 1740 g/mol. The van der Waals surface area contributed by atoms with E-state index in [2.05, 4.69) is 75.2 Å². The maximum atomic E-state index is 9.20. The van der Waals surface area contributed by atoms with Crippen LogP contribution in [0, 0.1) is 88.6 Å². The first-order valence-corrected chi connectivity index (χ1v) is 46.1. The zero-order chi connectivity index (χ0) is 106. The molecular weight excluding hydrogens is 1590 g/mol. The number of furan rings is 4. The molecule has 8 heterocycles. The van der Waals surface area contributed by atoms with Crippen molar-refractivity contribution in [3.8, 4) is 45.0 Å². The van der Waals surface area contributed by atoms with Crippen molar-refractivity contribution in [2.45, 2.75) is 273 Å². The first-order valence-electron chi connectivity index (χ1n) is 54.6. The molecule has 8 aromatic heterocycles. The van der Waals surface area contributed by atoms with Crippen LogP contribution in [0.3, 0.4) is 0 Å². The van der Waals surface area contributed by atoms with Gasteiger partial charge in [-0.1, -0.05) is 191 Å². The van der Waals surface area contributed by atoms with Crippen molar-refractivity contribution < 1.29 is 59.2 Å². The molecule has 12 nitrogen and oxygen atoms in total. The Kier molecular flexibility index (Phi) is 20.1. The standard InChI is InChI=1S/3C30H33N2O.C28H29N2O/c3*1-18(2)22-14-20(4)32(6)27(15-22)29-19(3)12-13-23-25-16-24(21-10-8-7-9-11-21)26(31-5)17-28(25)33-30(23)29;1-17-13-19(3)30(5)25(14-17)27-18(2)11-12-21-23-15-22(20-9-7-6-8-10-20)24(29-4)16-26(23)31-28(21)27/h3*12-18,21H,7-11H2,1-4,6H3;11-16,20H,6-10H2,1-3,5H3/q4*+1/i14D,15D,18D,21D;1D3,2D3,18D,21D;18D,21D;13D,14D,20D. The Bertz CT molecular complexity index is 8250. The van der Waals surface area contributed by atoms with Crippen molar-refractivity contribution in [1.82, 2.24) is 0 Å². The number of benzene rings is 8. The summed E-state index contributed by atoms with van der Waals surface area (Å²) in [5.74, 6) is -7.71. The zero-order valence-corrected chi connectivity index (χ0v) is 78.4. The highest BCUT2D eigenvalue weighted by Crippen LogP contribution is 2.51. The normalized spacial score (nSPS) is 18.2. The summed E-state index contributed by atoms with van der Waals surface area (Å²) in [6.07, 6.45) is 18.6. The van der Waals surface area contributed by atoms with Crippen LogP contribution in [0.2, 0.25) is 0 Å². The maximum Gasteiger partial charge on any atom is 0.216 e. The Balaban J connectivity index is 0.000000134. The topological polar surface area (TPSA) is 85.5 Å². The molecule has 8 aromatic carbocycles. The first-order chi connectivity index (χ1) is 69.1. The minimum absolute atomic E-state index is 0.123. The number of hydrogen-bond acceptors (Lipinski definition) is 4. The molecule has 4 saturated carbocycles. The van der Waals surface area contributed by atoms with Gasteiger partial charge in [0.05, 0.1) is 54.0 Å². The Morgan fingerprint density at radius 2 is 0.585 bits per heavy atom. The minimum atomic E-state index is -3.11. The first kappa shape index (κ1) is 70.4. The third-order valence-electron chi connectivity index (χ3n) is 28.0. The van der Waals surface area contributed by atoms with E-state index in [1.54, 1.807) is 46.0 Å². The summed E-state index contributed by atoms with van der Waals surface area (Å²) in [5, 5.41) is 7.14. The number of pyridine rings is 4. The summed E-state index contributed by atoms with van der Waals surface area (Å²) in [7, 11) is 7.59. The Labute approximate surface area is 793 Å². The van der Waals surface area contributed by atoms with E-state index in [-0.39, 0.29) is 17.6 Å². The van der Waals surface area contributed by atoms with Gasteiger partial charge in [0, 0.05) is 137 Å². The molecule has 0 unspecified atom stereocenters. The molecule has 4 aliphatic carbocycles. The van der Waals surface area contributed by atoms with Crippen molar-refractivity contribution >= 4 is 111 Å². The molecule has 0 spiro atoms. The lowest BCUT2D eigenvalue weighted by molar-refractivity contribution is -0.666. The summed E-state index contributed by atoms with van der Waals surface area (Å²) in [6, 6.07) is 39.5. The molecular formula is C118H128N8O4+4. The Morgan fingerprint density at radius 3 is 0.869 bits per heavy atom. The summed E-state index contributed by atoms with van der Waals surface area (Å²) >= 11 is 0. The highest BCUT2D eigenvalue weighted by Gasteiger charge is 2.33. The van der Waals surface area contributed by atoms with Crippen molar-refractivity contribution in [1.29, 1.82) is 0 Å². The quantitative estimate of drug-likeness (QED) is 0.0954. The Hall–Kier alpha value is -12.5. The summed E-state index contributed by atoms with van der Waals surface area (Å²) in [6.45, 7) is 49.7. The number of nitrogens with zero attached hydrogens (tertiary/aromatic N) is 8. The van der Waals surface area contributed by atoms with E-state index >= 15 is 0 Å². The van der Waals surface area contributed by atoms with E-state index in [9.17, 15) is 4.11 Å². The lowest BCUT2D eigenvalue weighted by atomic mass is 9.83. The minimum Gasteiger partial charge on any atom is -0.456 e. The van der Waals surface area contributed by atoms with Crippen LogP contribution >= 0.6 is 0 Å². The molecule has 20 rings (SSSR count). The summed E-state index contributed by atoms with van der Waals surface area (Å²) in [4.78, 5) is 15.2. The SMILES string of the molecule is [2H]C(C)(C)c1cc(C)[n+](C)c(-c2c(C)ccc3c2oc2cc([N+]#[C-])c(C4([2H])CCCCC4)cc23)c1.[2H]C1(c2cc3c(cc2[N+]#[C-])oc2c(-c4cc(C([2H])(C([2H])([2H])[2H])C([2H])([2H])[2H])cc(C)[n+]4C)c(C)ccc23)CCCCC1.[2H]c1c(C([2H])(C)C)c([2H])c(-c2c(C)ccc3c2oc2cc([N+]#[C-])c(C4([2H])CCCCC4)cc23)[n+](C)c1C.[2H]c1c(C)c([2H])c(-c2c(C)ccc3c2oc2cc([N+]#[C-])c(C4([2H])CCCCC4)cc23)[n+](C)c1C. The maximum absolute atomic E-state index is 9.20. The van der Waals surface area contributed by atoms with Gasteiger partial charge < -0.3 is 17.7 Å². The van der Waals surface area contributed by atoms with Gasteiger partial charge in [-0.25, -0.2) is 19.4 Å². The number of aromatic nitrogens is 4. The highest BCUT2D eigenvalue weighted by molar-refractivity contribution is 6.14. The second-order valence-electron chi connectivity index (χ2n) is 37.0.